The average Bonchev–Trinajstić information content (AvgIpc) is 3.20. The average molecular weight is 453 g/mol. The maximum Gasteiger partial charge on any atom is 0.237 e. The molecule has 0 saturated carbocycles. The Kier molecular flexibility index (Phi) is 8.36. The highest BCUT2D eigenvalue weighted by Crippen LogP contribution is 2.29. The summed E-state index contributed by atoms with van der Waals surface area (Å²) in [6, 6.07) is 13.3. The minimum absolute atomic E-state index is 0.0215. The Morgan fingerprint density at radius 2 is 1.84 bits per heavy atom. The molecule has 3 aromatic rings. The van der Waals surface area contributed by atoms with Crippen molar-refractivity contribution >= 4 is 38.9 Å². The molecule has 1 amide bonds. The van der Waals surface area contributed by atoms with Crippen molar-refractivity contribution < 1.29 is 9.59 Å². The number of hydrogen-bond acceptors (Lipinski definition) is 6. The number of nitrogen functional groups attached to an aromatic ring is 1. The van der Waals surface area contributed by atoms with Gasteiger partial charge in [-0.25, -0.2) is 4.98 Å². The molecule has 0 aliphatic carbocycles. The topological polar surface area (TPSA) is 97.1 Å². The molecule has 0 aliphatic heterocycles. The third kappa shape index (κ3) is 6.61. The first kappa shape index (κ1) is 23.9. The van der Waals surface area contributed by atoms with Crippen LogP contribution in [0.3, 0.4) is 0 Å². The van der Waals surface area contributed by atoms with Gasteiger partial charge in [-0.2, -0.15) is 0 Å². The fourth-order valence-corrected chi connectivity index (χ4v) is 4.73. The van der Waals surface area contributed by atoms with Gasteiger partial charge < -0.3 is 16.4 Å². The maximum atomic E-state index is 12.9. The molecule has 2 aromatic heterocycles. The first-order valence-electron chi connectivity index (χ1n) is 11.1. The number of nitrogens with two attached hydrogens (primary N) is 1. The van der Waals surface area contributed by atoms with Crippen LogP contribution in [0.5, 0.6) is 0 Å². The standard InChI is InChI=1S/C25H32N4O2S/c1-16(2)28-21(11-9-18-7-5-4-6-8-18)25(31)29-17(3)22(30)12-10-19-15-20-23(32-19)13-14-27-24(20)26/h4-8,13-17,21,28H,9-12H2,1-3H3,(H2,26,27)(H,29,31)/t17-,21+/m0/s1. The van der Waals surface area contributed by atoms with E-state index in [1.165, 1.54) is 5.56 Å². The van der Waals surface area contributed by atoms with E-state index in [9.17, 15) is 9.59 Å². The number of benzene rings is 1. The number of thiophene rings is 1. The Balaban J connectivity index is 1.53. The molecule has 2 heterocycles. The molecule has 2 atom stereocenters. The Hall–Kier alpha value is -2.77. The Morgan fingerprint density at radius 1 is 1.09 bits per heavy atom. The molecule has 6 nitrogen and oxygen atoms in total. The summed E-state index contributed by atoms with van der Waals surface area (Å²) in [7, 11) is 0. The number of aryl methyl sites for hydroxylation is 2. The lowest BCUT2D eigenvalue weighted by atomic mass is 10.0. The molecule has 0 aliphatic rings. The third-order valence-corrected chi connectivity index (χ3v) is 6.56. The molecule has 0 unspecified atom stereocenters. The van der Waals surface area contributed by atoms with Crippen LogP contribution in [0.25, 0.3) is 10.1 Å². The smallest absolute Gasteiger partial charge is 0.237 e. The van der Waals surface area contributed by atoms with E-state index in [0.717, 1.165) is 21.4 Å². The van der Waals surface area contributed by atoms with Crippen LogP contribution in [0, 0.1) is 0 Å². The van der Waals surface area contributed by atoms with Gasteiger partial charge in [-0.15, -0.1) is 11.3 Å². The zero-order valence-electron chi connectivity index (χ0n) is 18.9. The van der Waals surface area contributed by atoms with Crippen molar-refractivity contribution in [1.29, 1.82) is 0 Å². The Bertz CT molecular complexity index is 1050. The second kappa shape index (κ2) is 11.2. The minimum Gasteiger partial charge on any atom is -0.383 e. The lowest BCUT2D eigenvalue weighted by Crippen LogP contribution is -2.51. The molecule has 3 rings (SSSR count). The van der Waals surface area contributed by atoms with Gasteiger partial charge >= 0.3 is 0 Å². The van der Waals surface area contributed by atoms with Gasteiger partial charge in [0.05, 0.1) is 12.1 Å². The zero-order chi connectivity index (χ0) is 23.1. The van der Waals surface area contributed by atoms with Crippen LogP contribution in [0.1, 0.15) is 44.1 Å². The van der Waals surface area contributed by atoms with Crippen LogP contribution in [0.15, 0.2) is 48.7 Å². The summed E-state index contributed by atoms with van der Waals surface area (Å²) in [6.45, 7) is 5.80. The first-order chi connectivity index (χ1) is 15.3. The fraction of sp³-hybridized carbons (Fsp3) is 0.400. The third-order valence-electron chi connectivity index (χ3n) is 5.40. The van der Waals surface area contributed by atoms with Crippen LogP contribution >= 0.6 is 11.3 Å². The molecule has 4 N–H and O–H groups in total. The summed E-state index contributed by atoms with van der Waals surface area (Å²) in [5, 5.41) is 7.18. The van der Waals surface area contributed by atoms with Crippen molar-refractivity contribution in [1.82, 2.24) is 15.6 Å². The molecule has 1 aromatic carbocycles. The van der Waals surface area contributed by atoms with Crippen LogP contribution < -0.4 is 16.4 Å². The van der Waals surface area contributed by atoms with E-state index in [2.05, 4.69) is 27.8 Å². The monoisotopic (exact) mass is 452 g/mol. The first-order valence-corrected chi connectivity index (χ1v) is 11.9. The second-order valence-corrected chi connectivity index (χ2v) is 9.58. The van der Waals surface area contributed by atoms with Crippen molar-refractivity contribution in [2.75, 3.05) is 5.73 Å². The molecular formula is C25H32N4O2S. The molecule has 0 bridgehead atoms. The van der Waals surface area contributed by atoms with Crippen molar-refractivity contribution in [2.24, 2.45) is 0 Å². The number of ketones is 1. The van der Waals surface area contributed by atoms with E-state index < -0.39 is 6.04 Å². The maximum absolute atomic E-state index is 12.9. The van der Waals surface area contributed by atoms with Gasteiger partial charge in [-0.3, -0.25) is 9.59 Å². The van der Waals surface area contributed by atoms with Crippen molar-refractivity contribution in [3.63, 3.8) is 0 Å². The molecule has 7 heteroatoms. The quantitative estimate of drug-likeness (QED) is 0.410. The summed E-state index contributed by atoms with van der Waals surface area (Å²) in [5.74, 6) is 0.403. The van der Waals surface area contributed by atoms with Gasteiger partial charge in [-0.1, -0.05) is 44.2 Å². The number of fused-ring (bicyclic) bond motifs is 1. The van der Waals surface area contributed by atoms with Gasteiger partial charge in [0, 0.05) is 33.6 Å². The number of nitrogens with zero attached hydrogens (tertiary/aromatic N) is 1. The molecule has 0 saturated heterocycles. The second-order valence-electron chi connectivity index (χ2n) is 8.42. The number of pyridine rings is 1. The summed E-state index contributed by atoms with van der Waals surface area (Å²) < 4.78 is 1.07. The predicted octanol–water partition coefficient (Wildman–Crippen LogP) is 3.88. The van der Waals surface area contributed by atoms with Crippen molar-refractivity contribution in [3.05, 3.63) is 59.1 Å². The lowest BCUT2D eigenvalue weighted by Gasteiger charge is -2.23. The van der Waals surface area contributed by atoms with Crippen molar-refractivity contribution in [3.8, 4) is 0 Å². The SMILES string of the molecule is CC(C)N[C@H](CCc1ccccc1)C(=O)N[C@@H](C)C(=O)CCc1cc2c(N)nccc2s1. The number of carbonyl (C=O) groups excluding carboxylic acids is 2. The number of nitrogens with one attached hydrogen (secondary N) is 2. The number of anilines is 1. The highest BCUT2D eigenvalue weighted by Gasteiger charge is 2.23. The number of aromatic nitrogens is 1. The number of amides is 1. The Labute approximate surface area is 193 Å². The van der Waals surface area contributed by atoms with E-state index >= 15 is 0 Å². The fourth-order valence-electron chi connectivity index (χ4n) is 3.67. The Morgan fingerprint density at radius 3 is 2.53 bits per heavy atom. The molecule has 0 spiro atoms. The van der Waals surface area contributed by atoms with Gasteiger partial charge in [0.15, 0.2) is 5.78 Å². The minimum atomic E-state index is -0.531. The van der Waals surface area contributed by atoms with Crippen LogP contribution in [0.2, 0.25) is 0 Å². The number of hydrogen-bond donors (Lipinski definition) is 3. The highest BCUT2D eigenvalue weighted by molar-refractivity contribution is 7.19. The van der Waals surface area contributed by atoms with Gasteiger partial charge in [-0.05, 0) is 43.9 Å². The lowest BCUT2D eigenvalue weighted by molar-refractivity contribution is -0.128. The molecule has 0 fully saturated rings. The number of Topliss-reactive ketones (excluding diaryl/α,β-unsaturated/α-hetero) is 1. The highest BCUT2D eigenvalue weighted by atomic mass is 32.1. The molecular weight excluding hydrogens is 420 g/mol. The van der Waals surface area contributed by atoms with Gasteiger partial charge in [0.2, 0.25) is 5.91 Å². The predicted molar refractivity (Wildman–Crippen MR) is 132 cm³/mol. The van der Waals surface area contributed by atoms with Crippen molar-refractivity contribution in [2.45, 2.75) is 64.6 Å². The zero-order valence-corrected chi connectivity index (χ0v) is 19.7. The summed E-state index contributed by atoms with van der Waals surface area (Å²) in [5.41, 5.74) is 7.12. The molecule has 0 radical (unpaired) electrons. The summed E-state index contributed by atoms with van der Waals surface area (Å²) >= 11 is 1.63. The van der Waals surface area contributed by atoms with Gasteiger partial charge in [0.1, 0.15) is 5.82 Å². The van der Waals surface area contributed by atoms with E-state index in [-0.39, 0.29) is 23.8 Å². The van der Waals surface area contributed by atoms with Gasteiger partial charge in [0.25, 0.3) is 0 Å². The number of rotatable bonds is 11. The van der Waals surface area contributed by atoms with E-state index in [0.29, 0.717) is 25.1 Å². The van der Waals surface area contributed by atoms with E-state index in [1.807, 2.05) is 44.2 Å². The van der Waals surface area contributed by atoms with Crippen LogP contribution in [-0.2, 0) is 22.4 Å². The normalized spacial score (nSPS) is 13.2. The largest absolute Gasteiger partial charge is 0.383 e. The van der Waals surface area contributed by atoms with Crippen LogP contribution in [-0.4, -0.2) is 34.8 Å². The molecule has 170 valence electrons. The van der Waals surface area contributed by atoms with E-state index in [4.69, 9.17) is 5.73 Å². The summed E-state index contributed by atoms with van der Waals surface area (Å²) in [4.78, 5) is 30.8. The van der Waals surface area contributed by atoms with E-state index in [1.54, 1.807) is 24.5 Å². The summed E-state index contributed by atoms with van der Waals surface area (Å²) in [6.07, 6.45) is 4.16. The molecule has 32 heavy (non-hydrogen) atoms. The number of carbonyl (C=O) groups is 2. The van der Waals surface area contributed by atoms with Crippen LogP contribution in [0.4, 0.5) is 5.82 Å².